The number of ether oxygens (including phenoxy) is 1. The van der Waals surface area contributed by atoms with Gasteiger partial charge in [0.1, 0.15) is 5.75 Å². The van der Waals surface area contributed by atoms with Gasteiger partial charge in [0.2, 0.25) is 0 Å². The number of nitrogens with one attached hydrogen (secondary N) is 1. The molecule has 0 atom stereocenters. The van der Waals surface area contributed by atoms with Gasteiger partial charge in [-0.2, -0.15) is 0 Å². The third kappa shape index (κ3) is 5.36. The maximum atomic E-state index is 11.6. The lowest BCUT2D eigenvalue weighted by atomic mass is 10.2. The van der Waals surface area contributed by atoms with E-state index < -0.39 is 0 Å². The van der Waals surface area contributed by atoms with Crippen molar-refractivity contribution in [2.75, 3.05) is 20.3 Å². The topological polar surface area (TPSA) is 58.6 Å². The van der Waals surface area contributed by atoms with Crippen molar-refractivity contribution in [3.8, 4) is 5.75 Å². The second kappa shape index (κ2) is 7.68. The molecule has 0 aliphatic rings. The maximum Gasteiger partial charge on any atom is 0.251 e. The minimum Gasteiger partial charge on any atom is -0.508 e. The maximum absolute atomic E-state index is 11.6. The lowest BCUT2D eigenvalue weighted by molar-refractivity contribution is 0.0952. The Morgan fingerprint density at radius 3 is 2.88 bits per heavy atom. The summed E-state index contributed by atoms with van der Waals surface area (Å²) >= 11 is 0. The summed E-state index contributed by atoms with van der Waals surface area (Å²) in [5.41, 5.74) is 0.488. The lowest BCUT2D eigenvalue weighted by Crippen LogP contribution is -2.24. The highest BCUT2D eigenvalue weighted by molar-refractivity contribution is 5.94. The molecule has 0 radical (unpaired) electrons. The van der Waals surface area contributed by atoms with E-state index in [4.69, 9.17) is 4.74 Å². The molecule has 0 aliphatic heterocycles. The van der Waals surface area contributed by atoms with Crippen LogP contribution in [-0.4, -0.2) is 31.3 Å². The summed E-state index contributed by atoms with van der Waals surface area (Å²) in [6.07, 6.45) is 2.99. The van der Waals surface area contributed by atoms with E-state index in [9.17, 15) is 9.90 Å². The van der Waals surface area contributed by atoms with Gasteiger partial charge in [-0.25, -0.2) is 0 Å². The molecule has 2 N–H and O–H groups in total. The second-order valence-electron chi connectivity index (χ2n) is 3.86. The first-order valence-electron chi connectivity index (χ1n) is 5.80. The van der Waals surface area contributed by atoms with Gasteiger partial charge < -0.3 is 15.2 Å². The minimum atomic E-state index is -0.146. The first-order valence-corrected chi connectivity index (χ1v) is 5.80. The quantitative estimate of drug-likeness (QED) is 0.712. The van der Waals surface area contributed by atoms with Crippen molar-refractivity contribution in [3.05, 3.63) is 29.8 Å². The number of aromatic hydroxyl groups is 1. The molecule has 4 nitrogen and oxygen atoms in total. The monoisotopic (exact) mass is 237 g/mol. The Labute approximate surface area is 102 Å². The van der Waals surface area contributed by atoms with E-state index in [-0.39, 0.29) is 11.7 Å². The number of carbonyl (C=O) groups excluding carboxylic acids is 1. The van der Waals surface area contributed by atoms with Gasteiger partial charge in [-0.05, 0) is 37.5 Å². The third-order valence-corrected chi connectivity index (χ3v) is 2.42. The lowest BCUT2D eigenvalue weighted by Gasteiger charge is -2.05. The molecule has 1 aromatic carbocycles. The summed E-state index contributed by atoms with van der Waals surface area (Å²) in [6, 6.07) is 6.34. The van der Waals surface area contributed by atoms with Crippen LogP contribution >= 0.6 is 0 Å². The van der Waals surface area contributed by atoms with Crippen LogP contribution in [0.4, 0.5) is 0 Å². The van der Waals surface area contributed by atoms with E-state index in [2.05, 4.69) is 5.32 Å². The van der Waals surface area contributed by atoms with E-state index in [1.54, 1.807) is 25.3 Å². The van der Waals surface area contributed by atoms with E-state index in [1.165, 1.54) is 6.07 Å². The Morgan fingerprint density at radius 2 is 2.18 bits per heavy atom. The van der Waals surface area contributed by atoms with Crippen LogP contribution in [0.5, 0.6) is 5.75 Å². The van der Waals surface area contributed by atoms with Gasteiger partial charge in [0.15, 0.2) is 0 Å². The van der Waals surface area contributed by atoms with Crippen LogP contribution in [0.1, 0.15) is 29.6 Å². The Bertz CT molecular complexity index is 352. The number of amides is 1. The molecule has 0 aliphatic carbocycles. The fourth-order valence-corrected chi connectivity index (χ4v) is 1.50. The highest BCUT2D eigenvalue weighted by atomic mass is 16.5. The minimum absolute atomic E-state index is 0.109. The van der Waals surface area contributed by atoms with Crippen molar-refractivity contribution >= 4 is 5.91 Å². The molecule has 0 saturated heterocycles. The molecule has 1 amide bonds. The summed E-state index contributed by atoms with van der Waals surface area (Å²) in [7, 11) is 1.68. The fourth-order valence-electron chi connectivity index (χ4n) is 1.50. The molecular weight excluding hydrogens is 218 g/mol. The second-order valence-corrected chi connectivity index (χ2v) is 3.86. The van der Waals surface area contributed by atoms with Crippen molar-refractivity contribution < 1.29 is 14.6 Å². The average molecular weight is 237 g/mol. The smallest absolute Gasteiger partial charge is 0.251 e. The summed E-state index contributed by atoms with van der Waals surface area (Å²) in [6.45, 7) is 1.42. The number of methoxy groups -OCH3 is 1. The Kier molecular flexibility index (Phi) is 6.10. The molecule has 0 saturated carbocycles. The van der Waals surface area contributed by atoms with Crippen molar-refractivity contribution in [1.29, 1.82) is 0 Å². The third-order valence-electron chi connectivity index (χ3n) is 2.42. The van der Waals surface area contributed by atoms with Crippen molar-refractivity contribution in [2.24, 2.45) is 0 Å². The number of hydrogen-bond acceptors (Lipinski definition) is 3. The van der Waals surface area contributed by atoms with Gasteiger partial charge in [0, 0.05) is 25.8 Å². The van der Waals surface area contributed by atoms with Crippen LogP contribution in [0.25, 0.3) is 0 Å². The number of benzene rings is 1. The molecule has 1 aromatic rings. The molecule has 17 heavy (non-hydrogen) atoms. The average Bonchev–Trinajstić information content (AvgIpc) is 2.33. The highest BCUT2D eigenvalue weighted by Gasteiger charge is 2.04. The van der Waals surface area contributed by atoms with E-state index in [0.29, 0.717) is 12.1 Å². The molecule has 1 rings (SSSR count). The zero-order chi connectivity index (χ0) is 12.5. The van der Waals surface area contributed by atoms with Crippen LogP contribution < -0.4 is 5.32 Å². The Morgan fingerprint density at radius 1 is 1.35 bits per heavy atom. The Balaban J connectivity index is 2.21. The first-order chi connectivity index (χ1) is 8.24. The van der Waals surface area contributed by atoms with Crippen LogP contribution in [0, 0.1) is 0 Å². The number of unbranched alkanes of at least 4 members (excludes halogenated alkanes) is 2. The van der Waals surface area contributed by atoms with Crippen molar-refractivity contribution in [3.63, 3.8) is 0 Å². The normalized spacial score (nSPS) is 10.2. The SMILES string of the molecule is COCCCCCNC(=O)c1cccc(O)c1. The summed E-state index contributed by atoms with van der Waals surface area (Å²) in [4.78, 5) is 11.6. The summed E-state index contributed by atoms with van der Waals surface area (Å²) in [5, 5.41) is 12.0. The molecule has 4 heteroatoms. The molecule has 0 heterocycles. The zero-order valence-corrected chi connectivity index (χ0v) is 10.1. The summed E-state index contributed by atoms with van der Waals surface area (Å²) in [5.74, 6) is -0.0367. The molecule has 0 aromatic heterocycles. The molecule has 0 spiro atoms. The van der Waals surface area contributed by atoms with E-state index in [0.717, 1.165) is 25.9 Å². The standard InChI is InChI=1S/C13H19NO3/c1-17-9-4-2-3-8-14-13(16)11-6-5-7-12(15)10-11/h5-7,10,15H,2-4,8-9H2,1H3,(H,14,16). The first kappa shape index (κ1) is 13.5. The molecule has 0 bridgehead atoms. The molecule has 94 valence electrons. The number of carbonyl (C=O) groups is 1. The predicted molar refractivity (Wildman–Crippen MR) is 66.2 cm³/mol. The number of hydrogen-bond donors (Lipinski definition) is 2. The fraction of sp³-hybridized carbons (Fsp3) is 0.462. The number of phenols is 1. The van der Waals surface area contributed by atoms with Gasteiger partial charge in [-0.3, -0.25) is 4.79 Å². The molecular formula is C13H19NO3. The largest absolute Gasteiger partial charge is 0.508 e. The predicted octanol–water partition coefficient (Wildman–Crippen LogP) is 1.94. The van der Waals surface area contributed by atoms with Gasteiger partial charge in [0.05, 0.1) is 0 Å². The Hall–Kier alpha value is -1.55. The van der Waals surface area contributed by atoms with Gasteiger partial charge in [0.25, 0.3) is 5.91 Å². The van der Waals surface area contributed by atoms with E-state index in [1.807, 2.05) is 0 Å². The van der Waals surface area contributed by atoms with Gasteiger partial charge in [-0.15, -0.1) is 0 Å². The van der Waals surface area contributed by atoms with Gasteiger partial charge >= 0.3 is 0 Å². The summed E-state index contributed by atoms with van der Waals surface area (Å²) < 4.78 is 4.94. The van der Waals surface area contributed by atoms with Crippen LogP contribution in [0.3, 0.4) is 0 Å². The van der Waals surface area contributed by atoms with Gasteiger partial charge in [-0.1, -0.05) is 6.07 Å². The molecule has 0 unspecified atom stereocenters. The van der Waals surface area contributed by atoms with Crippen LogP contribution in [0.15, 0.2) is 24.3 Å². The highest BCUT2D eigenvalue weighted by Crippen LogP contribution is 2.10. The van der Waals surface area contributed by atoms with Crippen LogP contribution in [0.2, 0.25) is 0 Å². The number of phenolic OH excluding ortho intramolecular Hbond substituents is 1. The zero-order valence-electron chi connectivity index (χ0n) is 10.1. The van der Waals surface area contributed by atoms with Crippen molar-refractivity contribution in [1.82, 2.24) is 5.32 Å². The number of rotatable bonds is 7. The van der Waals surface area contributed by atoms with E-state index >= 15 is 0 Å². The van der Waals surface area contributed by atoms with Crippen LogP contribution in [-0.2, 0) is 4.74 Å². The van der Waals surface area contributed by atoms with Crippen molar-refractivity contribution in [2.45, 2.75) is 19.3 Å². The molecule has 0 fully saturated rings.